The molecule has 0 bridgehead atoms. The number of methoxy groups -OCH3 is 2. The third-order valence-electron chi connectivity index (χ3n) is 3.31. The lowest BCUT2D eigenvalue weighted by Gasteiger charge is -2.16. The number of nitrogens with one attached hydrogen (secondary N) is 1. The Bertz CT molecular complexity index is 573. The van der Waals surface area contributed by atoms with Crippen LogP contribution in [0.2, 0.25) is 0 Å². The quantitative estimate of drug-likeness (QED) is 0.806. The minimum atomic E-state index is -3.59. The van der Waals surface area contributed by atoms with Crippen LogP contribution in [0.3, 0.4) is 0 Å². The summed E-state index contributed by atoms with van der Waals surface area (Å²) in [6.45, 7) is 0.169. The van der Waals surface area contributed by atoms with Gasteiger partial charge in [-0.2, -0.15) is 11.8 Å². The minimum Gasteiger partial charge on any atom is -0.493 e. The topological polar surface area (TPSA) is 90.7 Å². The Morgan fingerprint density at radius 3 is 2.67 bits per heavy atom. The van der Waals surface area contributed by atoms with E-state index in [0.29, 0.717) is 17.1 Å². The number of rotatable bonds is 6. The van der Waals surface area contributed by atoms with Crippen LogP contribution in [0.15, 0.2) is 17.0 Å². The summed E-state index contributed by atoms with van der Waals surface area (Å²) in [7, 11) is -0.621. The van der Waals surface area contributed by atoms with E-state index >= 15 is 0 Å². The number of nitrogens with two attached hydrogens (primary N) is 1. The number of thioether (sulfide) groups is 1. The molecule has 3 N–H and O–H groups in total. The first-order valence-corrected chi connectivity index (χ1v) is 9.20. The smallest absolute Gasteiger partial charge is 0.240 e. The lowest BCUT2D eigenvalue weighted by atomic mass is 10.2. The van der Waals surface area contributed by atoms with Crippen molar-refractivity contribution in [3.8, 4) is 11.5 Å². The molecule has 2 rings (SSSR count). The van der Waals surface area contributed by atoms with Crippen LogP contribution in [-0.4, -0.2) is 40.2 Å². The van der Waals surface area contributed by atoms with Gasteiger partial charge in [0.2, 0.25) is 10.0 Å². The molecule has 1 aromatic rings. The number of benzene rings is 1. The van der Waals surface area contributed by atoms with E-state index in [9.17, 15) is 8.42 Å². The van der Waals surface area contributed by atoms with E-state index in [-0.39, 0.29) is 17.5 Å². The highest BCUT2D eigenvalue weighted by Crippen LogP contribution is 2.34. The van der Waals surface area contributed by atoms with Crippen molar-refractivity contribution in [2.24, 2.45) is 5.73 Å². The SMILES string of the molecule is COc1cc(S(=O)(=O)NC2CCSC2)cc(CN)c1OC. The summed E-state index contributed by atoms with van der Waals surface area (Å²) in [6.07, 6.45) is 0.848. The van der Waals surface area contributed by atoms with Crippen LogP contribution in [0.1, 0.15) is 12.0 Å². The highest BCUT2D eigenvalue weighted by Gasteiger charge is 2.25. The molecule has 8 heteroatoms. The van der Waals surface area contributed by atoms with E-state index in [4.69, 9.17) is 15.2 Å². The summed E-state index contributed by atoms with van der Waals surface area (Å²) in [6, 6.07) is 2.98. The molecule has 1 heterocycles. The molecular weight excluding hydrogens is 312 g/mol. The summed E-state index contributed by atoms with van der Waals surface area (Å²) in [5, 5.41) is 0. The molecule has 118 valence electrons. The molecule has 1 atom stereocenters. The van der Waals surface area contributed by atoms with E-state index < -0.39 is 10.0 Å². The first-order valence-electron chi connectivity index (χ1n) is 6.57. The second-order valence-electron chi connectivity index (χ2n) is 4.70. The van der Waals surface area contributed by atoms with Crippen LogP contribution in [-0.2, 0) is 16.6 Å². The van der Waals surface area contributed by atoms with Gasteiger partial charge < -0.3 is 15.2 Å². The number of hydrogen-bond acceptors (Lipinski definition) is 6. The lowest BCUT2D eigenvalue weighted by molar-refractivity contribution is 0.350. The third-order valence-corrected chi connectivity index (χ3v) is 5.97. The molecule has 1 aliphatic heterocycles. The Morgan fingerprint density at radius 1 is 1.38 bits per heavy atom. The van der Waals surface area contributed by atoms with Crippen LogP contribution >= 0.6 is 11.8 Å². The zero-order chi connectivity index (χ0) is 15.5. The van der Waals surface area contributed by atoms with Crippen LogP contribution in [0.25, 0.3) is 0 Å². The largest absolute Gasteiger partial charge is 0.493 e. The second kappa shape index (κ2) is 6.87. The van der Waals surface area contributed by atoms with Crippen molar-refractivity contribution < 1.29 is 17.9 Å². The molecule has 1 aliphatic rings. The van der Waals surface area contributed by atoms with Gasteiger partial charge in [-0.15, -0.1) is 0 Å². The van der Waals surface area contributed by atoms with E-state index in [1.165, 1.54) is 26.4 Å². The maximum absolute atomic E-state index is 12.5. The Kier molecular flexibility index (Phi) is 5.37. The van der Waals surface area contributed by atoms with Gasteiger partial charge in [-0.3, -0.25) is 0 Å². The molecule has 1 saturated heterocycles. The van der Waals surface area contributed by atoms with Crippen molar-refractivity contribution in [2.45, 2.75) is 23.9 Å². The lowest BCUT2D eigenvalue weighted by Crippen LogP contribution is -2.34. The van der Waals surface area contributed by atoms with Crippen molar-refractivity contribution in [1.82, 2.24) is 4.72 Å². The molecule has 0 spiro atoms. The fourth-order valence-electron chi connectivity index (χ4n) is 2.24. The zero-order valence-electron chi connectivity index (χ0n) is 12.1. The average molecular weight is 332 g/mol. The zero-order valence-corrected chi connectivity index (χ0v) is 13.7. The maximum atomic E-state index is 12.5. The molecule has 1 fully saturated rings. The molecule has 1 unspecified atom stereocenters. The predicted octanol–water partition coefficient (Wildman–Crippen LogP) is 0.946. The Hall–Kier alpha value is -0.960. The van der Waals surface area contributed by atoms with Gasteiger partial charge in [0, 0.05) is 30.0 Å². The summed E-state index contributed by atoms with van der Waals surface area (Å²) in [5.41, 5.74) is 6.27. The Morgan fingerprint density at radius 2 is 2.14 bits per heavy atom. The molecular formula is C13H20N2O4S2. The van der Waals surface area contributed by atoms with Crippen molar-refractivity contribution in [1.29, 1.82) is 0 Å². The van der Waals surface area contributed by atoms with Gasteiger partial charge in [-0.05, 0) is 18.2 Å². The third kappa shape index (κ3) is 3.63. The molecule has 0 radical (unpaired) electrons. The van der Waals surface area contributed by atoms with Crippen molar-refractivity contribution in [2.75, 3.05) is 25.7 Å². The van der Waals surface area contributed by atoms with E-state index in [2.05, 4.69) is 4.72 Å². The molecule has 1 aromatic carbocycles. The van der Waals surface area contributed by atoms with E-state index in [0.717, 1.165) is 17.9 Å². The van der Waals surface area contributed by atoms with E-state index in [1.54, 1.807) is 11.8 Å². The maximum Gasteiger partial charge on any atom is 0.240 e. The second-order valence-corrected chi connectivity index (χ2v) is 7.57. The van der Waals surface area contributed by atoms with Crippen LogP contribution in [0.4, 0.5) is 0 Å². The monoisotopic (exact) mass is 332 g/mol. The van der Waals surface area contributed by atoms with Crippen molar-refractivity contribution in [3.05, 3.63) is 17.7 Å². The molecule has 0 saturated carbocycles. The molecule has 21 heavy (non-hydrogen) atoms. The minimum absolute atomic E-state index is 0.0191. The van der Waals surface area contributed by atoms with Gasteiger partial charge in [0.05, 0.1) is 19.1 Å². The van der Waals surface area contributed by atoms with Gasteiger partial charge in [-0.25, -0.2) is 13.1 Å². The van der Waals surface area contributed by atoms with Gasteiger partial charge in [0.15, 0.2) is 11.5 Å². The average Bonchev–Trinajstić information content (AvgIpc) is 2.97. The number of ether oxygens (including phenoxy) is 2. The van der Waals surface area contributed by atoms with Gasteiger partial charge >= 0.3 is 0 Å². The highest BCUT2D eigenvalue weighted by atomic mass is 32.2. The summed E-state index contributed by atoms with van der Waals surface area (Å²) < 4.78 is 38.1. The molecule has 0 amide bonds. The van der Waals surface area contributed by atoms with Gasteiger partial charge in [0.25, 0.3) is 0 Å². The van der Waals surface area contributed by atoms with Gasteiger partial charge in [0.1, 0.15) is 0 Å². The number of hydrogen-bond donors (Lipinski definition) is 2. The molecule has 0 aromatic heterocycles. The number of sulfonamides is 1. The molecule has 6 nitrogen and oxygen atoms in total. The standard InChI is InChI=1S/C13H20N2O4S2/c1-18-12-6-11(5-9(7-14)13(12)19-2)21(16,17)15-10-3-4-20-8-10/h5-6,10,15H,3-4,7-8,14H2,1-2H3. The van der Waals surface area contributed by atoms with E-state index in [1.807, 2.05) is 0 Å². The predicted molar refractivity (Wildman–Crippen MR) is 83.5 cm³/mol. The summed E-state index contributed by atoms with van der Waals surface area (Å²) in [4.78, 5) is 0.150. The summed E-state index contributed by atoms with van der Waals surface area (Å²) >= 11 is 1.75. The first-order chi connectivity index (χ1) is 10.0. The fourth-order valence-corrected chi connectivity index (χ4v) is 4.83. The fraction of sp³-hybridized carbons (Fsp3) is 0.538. The van der Waals surface area contributed by atoms with Crippen molar-refractivity contribution in [3.63, 3.8) is 0 Å². The summed E-state index contributed by atoms with van der Waals surface area (Å²) in [5.74, 6) is 2.61. The van der Waals surface area contributed by atoms with Crippen molar-refractivity contribution >= 4 is 21.8 Å². The first kappa shape index (κ1) is 16.4. The van der Waals surface area contributed by atoms with Gasteiger partial charge in [-0.1, -0.05) is 0 Å². The highest BCUT2D eigenvalue weighted by molar-refractivity contribution is 7.99. The Labute approximate surface area is 129 Å². The van der Waals surface area contributed by atoms with Crippen LogP contribution in [0, 0.1) is 0 Å². The van der Waals surface area contributed by atoms with Crippen LogP contribution < -0.4 is 19.9 Å². The molecule has 0 aliphatic carbocycles. The Balaban J connectivity index is 2.38. The van der Waals surface area contributed by atoms with Crippen LogP contribution in [0.5, 0.6) is 11.5 Å². The normalized spacial score (nSPS) is 18.7.